The molecule has 2 aromatic rings. The fourth-order valence-corrected chi connectivity index (χ4v) is 4.74. The predicted molar refractivity (Wildman–Crippen MR) is 133 cm³/mol. The molecule has 2 aliphatic heterocycles. The van der Waals surface area contributed by atoms with Crippen LogP contribution < -0.4 is 10.6 Å². The van der Waals surface area contributed by atoms with E-state index in [4.69, 9.17) is 26.1 Å². The highest BCUT2D eigenvalue weighted by Gasteiger charge is 2.20. The Labute approximate surface area is 208 Å². The smallest absolute Gasteiger partial charge is 0.268 e. The maximum atomic E-state index is 12.9. The van der Waals surface area contributed by atoms with Crippen molar-refractivity contribution in [2.24, 2.45) is 0 Å². The van der Waals surface area contributed by atoms with Crippen LogP contribution in [0.2, 0.25) is 0 Å². The highest BCUT2D eigenvalue weighted by molar-refractivity contribution is 8.22. The number of carbonyl (C=O) groups is 2. The molecule has 2 fully saturated rings. The van der Waals surface area contributed by atoms with Gasteiger partial charge >= 0.3 is 0 Å². The number of thiocarbonyl (C=S) groups is 1. The van der Waals surface area contributed by atoms with Crippen molar-refractivity contribution < 1.29 is 23.5 Å². The van der Waals surface area contributed by atoms with Crippen molar-refractivity contribution in [2.75, 3.05) is 39.5 Å². The van der Waals surface area contributed by atoms with Gasteiger partial charge in [-0.1, -0.05) is 30.4 Å². The highest BCUT2D eigenvalue weighted by Crippen LogP contribution is 2.25. The molecule has 0 unspecified atom stereocenters. The van der Waals surface area contributed by atoms with E-state index in [0.717, 1.165) is 25.9 Å². The first-order chi connectivity index (χ1) is 16.6. The predicted octanol–water partition coefficient (Wildman–Crippen LogP) is 3.05. The summed E-state index contributed by atoms with van der Waals surface area (Å²) < 4.78 is 17.5. The second-order valence-corrected chi connectivity index (χ2v) is 9.49. The Balaban J connectivity index is 1.45. The SMILES string of the molecule is O=C(NC[C@H]1CCCO1)/C(=C/c1ccc(SC(=S)N2CCOCC2)o1)NC(=O)c1ccccc1. The van der Waals surface area contributed by atoms with Gasteiger partial charge < -0.3 is 29.4 Å². The van der Waals surface area contributed by atoms with Gasteiger partial charge in [0.05, 0.1) is 19.3 Å². The van der Waals surface area contributed by atoms with Crippen LogP contribution in [0.4, 0.5) is 0 Å². The van der Waals surface area contributed by atoms with Crippen LogP contribution in [0.5, 0.6) is 0 Å². The minimum atomic E-state index is -0.408. The lowest BCUT2D eigenvalue weighted by Crippen LogP contribution is -2.38. The largest absolute Gasteiger partial charge is 0.450 e. The average Bonchev–Trinajstić information content (AvgIpc) is 3.55. The Morgan fingerprint density at radius 3 is 2.65 bits per heavy atom. The normalized spacial score (nSPS) is 18.5. The quantitative estimate of drug-likeness (QED) is 0.340. The molecule has 2 saturated heterocycles. The molecule has 180 valence electrons. The van der Waals surface area contributed by atoms with Gasteiger partial charge in [-0.3, -0.25) is 9.59 Å². The van der Waals surface area contributed by atoms with E-state index in [1.165, 1.54) is 17.8 Å². The van der Waals surface area contributed by atoms with Gasteiger partial charge in [0.1, 0.15) is 15.8 Å². The van der Waals surface area contributed by atoms with Crippen LogP contribution >= 0.6 is 24.0 Å². The van der Waals surface area contributed by atoms with Gasteiger partial charge in [-0.2, -0.15) is 0 Å². The molecule has 34 heavy (non-hydrogen) atoms. The van der Waals surface area contributed by atoms with Gasteiger partial charge in [-0.15, -0.1) is 0 Å². The fraction of sp³-hybridized carbons (Fsp3) is 0.375. The summed E-state index contributed by atoms with van der Waals surface area (Å²) >= 11 is 6.86. The maximum Gasteiger partial charge on any atom is 0.268 e. The zero-order valence-electron chi connectivity index (χ0n) is 18.7. The number of hydrogen-bond donors (Lipinski definition) is 2. The molecule has 0 aliphatic carbocycles. The van der Waals surface area contributed by atoms with Crippen LogP contribution in [-0.4, -0.2) is 66.6 Å². The Morgan fingerprint density at radius 2 is 1.91 bits per heavy atom. The number of carbonyl (C=O) groups excluding carboxylic acids is 2. The molecule has 0 radical (unpaired) electrons. The van der Waals surface area contributed by atoms with Gasteiger partial charge in [0.25, 0.3) is 11.8 Å². The van der Waals surface area contributed by atoms with Crippen LogP contribution in [-0.2, 0) is 14.3 Å². The van der Waals surface area contributed by atoms with E-state index in [9.17, 15) is 9.59 Å². The molecule has 1 atom stereocenters. The standard InChI is InChI=1S/C24H27N3O5S2/c28-22(17-5-2-1-3-6-17)26-20(23(29)25-16-19-7-4-12-31-19)15-18-8-9-21(32-18)34-24(33)27-10-13-30-14-11-27/h1-3,5-6,8-9,15,19H,4,7,10-14,16H2,(H,25,29)(H,26,28)/b20-15-/t19-/m1/s1. The van der Waals surface area contributed by atoms with E-state index in [-0.39, 0.29) is 17.7 Å². The zero-order chi connectivity index (χ0) is 23.8. The first-order valence-corrected chi connectivity index (χ1v) is 12.4. The maximum absolute atomic E-state index is 12.9. The molecule has 8 nitrogen and oxygen atoms in total. The Hall–Kier alpha value is -2.66. The summed E-state index contributed by atoms with van der Waals surface area (Å²) in [6.45, 7) is 3.88. The summed E-state index contributed by atoms with van der Waals surface area (Å²) in [4.78, 5) is 27.7. The van der Waals surface area contributed by atoms with Gasteiger partial charge in [-0.05, 0) is 48.9 Å². The van der Waals surface area contributed by atoms with Crippen LogP contribution in [0, 0.1) is 0 Å². The van der Waals surface area contributed by atoms with Crippen molar-refractivity contribution >= 4 is 46.2 Å². The lowest BCUT2D eigenvalue weighted by Gasteiger charge is -2.28. The van der Waals surface area contributed by atoms with Crippen LogP contribution in [0.25, 0.3) is 6.08 Å². The molecule has 2 aliphatic rings. The number of nitrogens with zero attached hydrogens (tertiary/aromatic N) is 1. The Morgan fingerprint density at radius 1 is 1.12 bits per heavy atom. The second-order valence-electron chi connectivity index (χ2n) is 7.85. The van der Waals surface area contributed by atoms with Gasteiger partial charge in [-0.25, -0.2) is 0 Å². The minimum Gasteiger partial charge on any atom is -0.450 e. The summed E-state index contributed by atoms with van der Waals surface area (Å²) in [7, 11) is 0. The number of nitrogens with one attached hydrogen (secondary N) is 2. The number of benzene rings is 1. The molecular formula is C24H27N3O5S2. The molecule has 4 rings (SSSR count). The Kier molecular flexibility index (Phi) is 8.75. The van der Waals surface area contributed by atoms with Crippen LogP contribution in [0.3, 0.4) is 0 Å². The number of furan rings is 1. The summed E-state index contributed by atoms with van der Waals surface area (Å²) in [5.74, 6) is -0.356. The average molecular weight is 502 g/mol. The molecule has 10 heteroatoms. The van der Waals surface area contributed by atoms with Crippen molar-refractivity contribution in [1.29, 1.82) is 0 Å². The number of rotatable bonds is 7. The first-order valence-electron chi connectivity index (χ1n) is 11.2. The van der Waals surface area contributed by atoms with E-state index < -0.39 is 5.91 Å². The molecule has 0 saturated carbocycles. The van der Waals surface area contributed by atoms with Gasteiger partial charge in [0, 0.05) is 37.9 Å². The van der Waals surface area contributed by atoms with E-state index in [2.05, 4.69) is 15.5 Å². The summed E-state index contributed by atoms with van der Waals surface area (Å²) in [5, 5.41) is 6.17. The lowest BCUT2D eigenvalue weighted by molar-refractivity contribution is -0.118. The van der Waals surface area contributed by atoms with Gasteiger partial charge in [0.15, 0.2) is 5.09 Å². The van der Waals surface area contributed by atoms with Crippen LogP contribution in [0.15, 0.2) is 57.7 Å². The molecule has 0 bridgehead atoms. The van der Waals surface area contributed by atoms with E-state index >= 15 is 0 Å². The molecular weight excluding hydrogens is 474 g/mol. The van der Waals surface area contributed by atoms with E-state index in [1.807, 2.05) is 6.07 Å². The topological polar surface area (TPSA) is 93.0 Å². The lowest BCUT2D eigenvalue weighted by atomic mass is 10.2. The van der Waals surface area contributed by atoms with E-state index in [1.54, 1.807) is 36.4 Å². The van der Waals surface area contributed by atoms with Crippen molar-refractivity contribution in [3.05, 3.63) is 59.5 Å². The molecule has 1 aromatic heterocycles. The molecule has 1 aromatic carbocycles. The number of morpholine rings is 1. The highest BCUT2D eigenvalue weighted by atomic mass is 32.2. The number of amides is 2. The molecule has 3 heterocycles. The summed E-state index contributed by atoms with van der Waals surface area (Å²) in [6.07, 6.45) is 3.39. The third-order valence-electron chi connectivity index (χ3n) is 5.39. The first kappa shape index (κ1) is 24.5. The monoisotopic (exact) mass is 501 g/mol. The van der Waals surface area contributed by atoms with Crippen molar-refractivity contribution in [3.63, 3.8) is 0 Å². The molecule has 2 N–H and O–H groups in total. The second kappa shape index (κ2) is 12.2. The summed E-state index contributed by atoms with van der Waals surface area (Å²) in [6, 6.07) is 12.3. The third kappa shape index (κ3) is 6.92. The van der Waals surface area contributed by atoms with Gasteiger partial charge in [0.2, 0.25) is 0 Å². The number of hydrogen-bond acceptors (Lipinski definition) is 7. The van der Waals surface area contributed by atoms with Crippen molar-refractivity contribution in [3.8, 4) is 0 Å². The minimum absolute atomic E-state index is 0.0113. The number of thioether (sulfide) groups is 1. The summed E-state index contributed by atoms with van der Waals surface area (Å²) in [5.41, 5.74) is 0.542. The molecule has 2 amide bonds. The fourth-order valence-electron chi connectivity index (χ4n) is 3.56. The van der Waals surface area contributed by atoms with Crippen molar-refractivity contribution in [2.45, 2.75) is 24.0 Å². The molecule has 0 spiro atoms. The van der Waals surface area contributed by atoms with E-state index in [0.29, 0.717) is 47.1 Å². The zero-order valence-corrected chi connectivity index (χ0v) is 20.3. The van der Waals surface area contributed by atoms with Crippen LogP contribution in [0.1, 0.15) is 29.0 Å². The van der Waals surface area contributed by atoms with Crippen molar-refractivity contribution in [1.82, 2.24) is 15.5 Å². The Bertz CT molecular complexity index is 1030. The number of ether oxygens (including phenoxy) is 2. The third-order valence-corrected chi connectivity index (χ3v) is 6.75.